The van der Waals surface area contributed by atoms with Crippen LogP contribution in [0.5, 0.6) is 0 Å². The number of aliphatic hydroxyl groups is 1. The van der Waals surface area contributed by atoms with E-state index in [9.17, 15) is 5.11 Å². The molecule has 2 rings (SSSR count). The Hall–Kier alpha value is -1.84. The summed E-state index contributed by atoms with van der Waals surface area (Å²) in [7, 11) is 1.62. The third-order valence-electron chi connectivity index (χ3n) is 4.37. The van der Waals surface area contributed by atoms with E-state index >= 15 is 0 Å². The van der Waals surface area contributed by atoms with Gasteiger partial charge in [0.15, 0.2) is 0 Å². The van der Waals surface area contributed by atoms with E-state index in [1.54, 1.807) is 7.11 Å². The lowest BCUT2D eigenvalue weighted by Crippen LogP contribution is -2.30. The van der Waals surface area contributed by atoms with E-state index in [-0.39, 0.29) is 26.1 Å². The molecule has 2 unspecified atom stereocenters. The lowest BCUT2D eigenvalue weighted by molar-refractivity contribution is -0.125. The van der Waals surface area contributed by atoms with Crippen molar-refractivity contribution in [3.63, 3.8) is 0 Å². The van der Waals surface area contributed by atoms with Crippen molar-refractivity contribution in [1.82, 2.24) is 0 Å². The maximum atomic E-state index is 9.58. The second kappa shape index (κ2) is 16.8. The summed E-state index contributed by atoms with van der Waals surface area (Å²) < 4.78 is 33.3. The van der Waals surface area contributed by atoms with Crippen LogP contribution < -0.4 is 0 Å². The van der Waals surface area contributed by atoms with E-state index in [0.29, 0.717) is 39.6 Å². The maximum absolute atomic E-state index is 9.58. The smallest absolute Gasteiger partial charge is 0.146 e. The molecule has 2 aromatic rings. The van der Waals surface area contributed by atoms with Gasteiger partial charge in [-0.25, -0.2) is 0 Å². The Morgan fingerprint density at radius 3 is 1.81 bits per heavy atom. The first-order valence-corrected chi connectivity index (χ1v) is 10.5. The van der Waals surface area contributed by atoms with Gasteiger partial charge >= 0.3 is 0 Å². The van der Waals surface area contributed by atoms with Crippen LogP contribution in [0, 0.1) is 0 Å². The summed E-state index contributed by atoms with van der Waals surface area (Å²) in [5.41, 5.74) is 2.12. The zero-order chi connectivity index (χ0) is 22.0. The van der Waals surface area contributed by atoms with Crippen molar-refractivity contribution in [2.75, 3.05) is 53.5 Å². The van der Waals surface area contributed by atoms with Gasteiger partial charge in [-0.2, -0.15) is 0 Å². The molecule has 0 fully saturated rings. The Bertz CT molecular complexity index is 653. The number of hydrogen-bond donors (Lipinski definition) is 1. The van der Waals surface area contributed by atoms with Crippen molar-refractivity contribution >= 4 is 0 Å². The van der Waals surface area contributed by atoms with E-state index in [1.807, 2.05) is 60.7 Å². The largest absolute Gasteiger partial charge is 0.394 e. The summed E-state index contributed by atoms with van der Waals surface area (Å²) in [6.45, 7) is 2.82. The molecule has 0 saturated heterocycles. The van der Waals surface area contributed by atoms with E-state index in [1.165, 1.54) is 0 Å². The normalized spacial score (nSPS) is 13.2. The van der Waals surface area contributed by atoms with Gasteiger partial charge in [0.05, 0.1) is 52.9 Å². The molecule has 0 aromatic heterocycles. The van der Waals surface area contributed by atoms with Crippen molar-refractivity contribution in [3.8, 4) is 0 Å². The minimum absolute atomic E-state index is 0.119. The number of rotatable bonds is 18. The highest BCUT2D eigenvalue weighted by molar-refractivity contribution is 5.14. The molecule has 0 heterocycles. The van der Waals surface area contributed by atoms with E-state index in [4.69, 9.17) is 28.4 Å². The molecule has 0 aliphatic carbocycles. The molecule has 31 heavy (non-hydrogen) atoms. The summed E-state index contributed by atoms with van der Waals surface area (Å²) >= 11 is 0. The van der Waals surface area contributed by atoms with Gasteiger partial charge < -0.3 is 33.5 Å². The molecule has 172 valence electrons. The average Bonchev–Trinajstić information content (AvgIpc) is 2.82. The van der Waals surface area contributed by atoms with Crippen LogP contribution in [0.1, 0.15) is 11.1 Å². The van der Waals surface area contributed by atoms with Gasteiger partial charge in [0.2, 0.25) is 0 Å². The summed E-state index contributed by atoms with van der Waals surface area (Å²) in [6, 6.07) is 19.8. The van der Waals surface area contributed by atoms with Gasteiger partial charge in [-0.05, 0) is 11.1 Å². The van der Waals surface area contributed by atoms with Gasteiger partial charge in [0.25, 0.3) is 0 Å². The Morgan fingerprint density at radius 1 is 0.677 bits per heavy atom. The van der Waals surface area contributed by atoms with Crippen LogP contribution in [0.2, 0.25) is 0 Å². The van der Waals surface area contributed by atoms with Crippen LogP contribution >= 0.6 is 0 Å². The van der Waals surface area contributed by atoms with Crippen molar-refractivity contribution in [1.29, 1.82) is 0 Å². The number of aliphatic hydroxyl groups excluding tert-OH is 1. The van der Waals surface area contributed by atoms with E-state index in [2.05, 4.69) is 0 Å². The van der Waals surface area contributed by atoms with Crippen LogP contribution in [0.4, 0.5) is 0 Å². The molecule has 0 saturated carbocycles. The first-order valence-electron chi connectivity index (χ1n) is 10.5. The molecule has 1 N–H and O–H groups in total. The Kier molecular flexibility index (Phi) is 13.8. The highest BCUT2D eigenvalue weighted by atomic mass is 16.7. The molecular formula is C24H34O7. The number of ether oxygens (including phenoxy) is 6. The highest BCUT2D eigenvalue weighted by Gasteiger charge is 2.14. The van der Waals surface area contributed by atoms with Crippen LogP contribution in [0.3, 0.4) is 0 Å². The van der Waals surface area contributed by atoms with Crippen molar-refractivity contribution < 1.29 is 33.5 Å². The number of methoxy groups -OCH3 is 1. The molecule has 0 bridgehead atoms. The summed E-state index contributed by atoms with van der Waals surface area (Å²) in [6.07, 6.45) is -0.687. The Morgan fingerprint density at radius 2 is 1.23 bits per heavy atom. The fraction of sp³-hybridized carbons (Fsp3) is 0.500. The minimum atomic E-state index is -0.409. The van der Waals surface area contributed by atoms with Crippen LogP contribution in [0.15, 0.2) is 60.7 Å². The fourth-order valence-corrected chi connectivity index (χ4v) is 2.65. The molecule has 2 atom stereocenters. The summed E-state index contributed by atoms with van der Waals surface area (Å²) in [4.78, 5) is 0. The average molecular weight is 435 g/mol. The van der Waals surface area contributed by atoms with Crippen molar-refractivity contribution in [2.45, 2.75) is 25.4 Å². The molecular weight excluding hydrogens is 400 g/mol. The monoisotopic (exact) mass is 434 g/mol. The van der Waals surface area contributed by atoms with Gasteiger partial charge in [-0.1, -0.05) is 60.7 Å². The third-order valence-corrected chi connectivity index (χ3v) is 4.37. The van der Waals surface area contributed by atoms with Crippen LogP contribution in [-0.4, -0.2) is 70.9 Å². The van der Waals surface area contributed by atoms with E-state index < -0.39 is 6.10 Å². The first kappa shape index (κ1) is 25.4. The second-order valence-electron chi connectivity index (χ2n) is 6.95. The quantitative estimate of drug-likeness (QED) is 0.286. The zero-order valence-corrected chi connectivity index (χ0v) is 18.2. The fourth-order valence-electron chi connectivity index (χ4n) is 2.65. The van der Waals surface area contributed by atoms with Crippen LogP contribution in [0.25, 0.3) is 0 Å². The molecule has 0 aliphatic rings. The topological polar surface area (TPSA) is 75.6 Å². The molecule has 7 nitrogen and oxygen atoms in total. The Labute approximate surface area is 184 Å². The van der Waals surface area contributed by atoms with Gasteiger partial charge in [0.1, 0.15) is 19.0 Å². The second-order valence-corrected chi connectivity index (χ2v) is 6.95. The van der Waals surface area contributed by atoms with E-state index in [0.717, 1.165) is 11.1 Å². The maximum Gasteiger partial charge on any atom is 0.146 e. The predicted molar refractivity (Wildman–Crippen MR) is 117 cm³/mol. The summed E-state index contributed by atoms with van der Waals surface area (Å²) in [5, 5.41) is 9.58. The molecule has 0 radical (unpaired) electrons. The number of benzene rings is 2. The molecule has 2 aromatic carbocycles. The van der Waals surface area contributed by atoms with Crippen LogP contribution in [-0.2, 0) is 41.6 Å². The first-order chi connectivity index (χ1) is 15.3. The lowest BCUT2D eigenvalue weighted by atomic mass is 10.2. The zero-order valence-electron chi connectivity index (χ0n) is 18.2. The third kappa shape index (κ3) is 11.9. The lowest BCUT2D eigenvalue weighted by Gasteiger charge is -2.21. The van der Waals surface area contributed by atoms with Crippen molar-refractivity contribution in [2.24, 2.45) is 0 Å². The van der Waals surface area contributed by atoms with Gasteiger partial charge in [0, 0.05) is 7.11 Å². The van der Waals surface area contributed by atoms with Gasteiger partial charge in [-0.15, -0.1) is 0 Å². The van der Waals surface area contributed by atoms with Crippen molar-refractivity contribution in [3.05, 3.63) is 71.8 Å². The molecule has 0 amide bonds. The van der Waals surface area contributed by atoms with Gasteiger partial charge in [-0.3, -0.25) is 0 Å². The molecule has 0 aliphatic heterocycles. The SMILES string of the molecule is COCCOCOCC(COCC(CO)OCc1ccccc1)OCc1ccccc1. The molecule has 7 heteroatoms. The Balaban J connectivity index is 1.72. The predicted octanol–water partition coefficient (Wildman–Crippen LogP) is 2.80. The standard InChI is InChI=1S/C24H34O7/c1-26-12-13-27-20-29-19-24(31-16-22-10-6-3-7-11-22)18-28-17-23(14-25)30-15-21-8-4-2-5-9-21/h2-11,23-25H,12-20H2,1H3. The highest BCUT2D eigenvalue weighted by Crippen LogP contribution is 2.07. The minimum Gasteiger partial charge on any atom is -0.394 e. The molecule has 0 spiro atoms. The summed E-state index contributed by atoms with van der Waals surface area (Å²) in [5.74, 6) is 0. The number of hydrogen-bond acceptors (Lipinski definition) is 7.